The number of thiophene rings is 1. The van der Waals surface area contributed by atoms with Crippen molar-refractivity contribution in [1.82, 2.24) is 4.72 Å². The first-order valence-electron chi connectivity index (χ1n) is 6.85. The van der Waals surface area contributed by atoms with Gasteiger partial charge in [0.05, 0.1) is 11.1 Å². The molecule has 8 heteroatoms. The second-order valence-electron chi connectivity index (χ2n) is 5.10. The van der Waals surface area contributed by atoms with Crippen molar-refractivity contribution in [2.45, 2.75) is 13.3 Å². The lowest BCUT2D eigenvalue weighted by molar-refractivity contribution is 0.103. The largest absolute Gasteiger partial charge is 0.321 e. The summed E-state index contributed by atoms with van der Waals surface area (Å²) in [4.78, 5) is 13.8. The van der Waals surface area contributed by atoms with E-state index in [1.165, 1.54) is 11.3 Å². The molecule has 23 heavy (non-hydrogen) atoms. The van der Waals surface area contributed by atoms with Gasteiger partial charge in [0.25, 0.3) is 5.91 Å². The number of amides is 1. The molecule has 0 atom stereocenters. The zero-order valence-electron chi connectivity index (χ0n) is 12.7. The number of sulfonamides is 1. The molecule has 124 valence electrons. The van der Waals surface area contributed by atoms with Crippen molar-refractivity contribution >= 4 is 48.9 Å². The molecule has 0 radical (unpaired) electrons. The Kier molecular flexibility index (Phi) is 5.96. The number of anilines is 1. The van der Waals surface area contributed by atoms with Crippen LogP contribution in [0.15, 0.2) is 34.8 Å². The SMILES string of the molecule is Cc1cc(NC(=O)c2ccc(CCNS(C)(=O)=O)s2)ccc1Br. The molecule has 5 nitrogen and oxygen atoms in total. The Balaban J connectivity index is 1.96. The molecule has 1 aromatic carbocycles. The molecular formula is C15H17BrN2O3S2. The maximum absolute atomic E-state index is 12.2. The Morgan fingerprint density at radius 3 is 2.65 bits per heavy atom. The number of benzene rings is 1. The third-order valence-electron chi connectivity index (χ3n) is 3.04. The predicted octanol–water partition coefficient (Wildman–Crippen LogP) is 3.16. The van der Waals surface area contributed by atoms with E-state index in [0.717, 1.165) is 26.9 Å². The van der Waals surface area contributed by atoms with Gasteiger partial charge in [0.2, 0.25) is 10.0 Å². The van der Waals surface area contributed by atoms with Gasteiger partial charge in [-0.25, -0.2) is 13.1 Å². The fraction of sp³-hybridized carbons (Fsp3) is 0.267. The molecular weight excluding hydrogens is 400 g/mol. The van der Waals surface area contributed by atoms with Gasteiger partial charge in [-0.15, -0.1) is 11.3 Å². The fourth-order valence-corrected chi connectivity index (χ4v) is 3.53. The topological polar surface area (TPSA) is 75.3 Å². The van der Waals surface area contributed by atoms with Gasteiger partial charge in [-0.1, -0.05) is 15.9 Å². The molecule has 0 saturated heterocycles. The van der Waals surface area contributed by atoms with Gasteiger partial charge in [0.15, 0.2) is 0 Å². The molecule has 0 aliphatic rings. The number of carbonyl (C=O) groups is 1. The van der Waals surface area contributed by atoms with Gasteiger partial charge in [-0.2, -0.15) is 0 Å². The van der Waals surface area contributed by atoms with Crippen LogP contribution in [0.4, 0.5) is 5.69 Å². The number of halogens is 1. The average Bonchev–Trinajstić information content (AvgIpc) is 2.90. The molecule has 0 aliphatic heterocycles. The van der Waals surface area contributed by atoms with E-state index >= 15 is 0 Å². The Labute approximate surface area is 148 Å². The van der Waals surface area contributed by atoms with E-state index in [9.17, 15) is 13.2 Å². The number of aryl methyl sites for hydroxylation is 1. The van der Waals surface area contributed by atoms with E-state index in [2.05, 4.69) is 26.0 Å². The molecule has 2 aromatic rings. The molecule has 0 fully saturated rings. The normalized spacial score (nSPS) is 11.4. The third kappa shape index (κ3) is 5.72. The van der Waals surface area contributed by atoms with Crippen molar-refractivity contribution in [2.75, 3.05) is 18.1 Å². The van der Waals surface area contributed by atoms with Crippen LogP contribution in [0.1, 0.15) is 20.1 Å². The zero-order valence-corrected chi connectivity index (χ0v) is 15.9. The highest BCUT2D eigenvalue weighted by molar-refractivity contribution is 9.10. The second kappa shape index (κ2) is 7.57. The van der Waals surface area contributed by atoms with Crippen LogP contribution in [0, 0.1) is 6.92 Å². The van der Waals surface area contributed by atoms with Gasteiger partial charge >= 0.3 is 0 Å². The number of nitrogens with one attached hydrogen (secondary N) is 2. The summed E-state index contributed by atoms with van der Waals surface area (Å²) >= 11 is 4.78. The molecule has 1 amide bonds. The monoisotopic (exact) mass is 416 g/mol. The summed E-state index contributed by atoms with van der Waals surface area (Å²) in [5, 5.41) is 2.86. The third-order valence-corrected chi connectivity index (χ3v) is 5.80. The van der Waals surface area contributed by atoms with Crippen molar-refractivity contribution < 1.29 is 13.2 Å². The maximum atomic E-state index is 12.2. The lowest BCUT2D eigenvalue weighted by Crippen LogP contribution is -2.24. The Morgan fingerprint density at radius 1 is 1.26 bits per heavy atom. The molecule has 1 aromatic heterocycles. The highest BCUT2D eigenvalue weighted by Gasteiger charge is 2.10. The first kappa shape index (κ1) is 18.1. The van der Waals surface area contributed by atoms with Crippen LogP contribution in [0.3, 0.4) is 0 Å². The van der Waals surface area contributed by atoms with Gasteiger partial charge in [-0.3, -0.25) is 4.79 Å². The minimum atomic E-state index is -3.18. The van der Waals surface area contributed by atoms with E-state index in [1.807, 2.05) is 31.2 Å². The van der Waals surface area contributed by atoms with Crippen LogP contribution in [0.25, 0.3) is 0 Å². The maximum Gasteiger partial charge on any atom is 0.265 e. The molecule has 0 aliphatic carbocycles. The first-order chi connectivity index (χ1) is 10.7. The van der Waals surface area contributed by atoms with Gasteiger partial charge in [-0.05, 0) is 49.2 Å². The van der Waals surface area contributed by atoms with Crippen LogP contribution in [0.5, 0.6) is 0 Å². The second-order valence-corrected chi connectivity index (χ2v) is 8.96. The zero-order chi connectivity index (χ0) is 17.0. The quantitative estimate of drug-likeness (QED) is 0.758. The molecule has 2 rings (SSSR count). The van der Waals surface area contributed by atoms with Crippen molar-refractivity contribution in [3.8, 4) is 0 Å². The molecule has 2 N–H and O–H groups in total. The Morgan fingerprint density at radius 2 is 2.00 bits per heavy atom. The van der Waals surface area contributed by atoms with Crippen LogP contribution in [0.2, 0.25) is 0 Å². The lowest BCUT2D eigenvalue weighted by atomic mass is 10.2. The summed E-state index contributed by atoms with van der Waals surface area (Å²) in [5.41, 5.74) is 1.78. The lowest BCUT2D eigenvalue weighted by Gasteiger charge is -2.05. The van der Waals surface area contributed by atoms with E-state index in [0.29, 0.717) is 17.8 Å². The first-order valence-corrected chi connectivity index (χ1v) is 10.4. The molecule has 0 bridgehead atoms. The van der Waals surface area contributed by atoms with E-state index < -0.39 is 10.0 Å². The predicted molar refractivity (Wildman–Crippen MR) is 97.7 cm³/mol. The van der Waals surface area contributed by atoms with Crippen molar-refractivity contribution in [3.05, 3.63) is 50.1 Å². The average molecular weight is 417 g/mol. The number of rotatable bonds is 6. The van der Waals surface area contributed by atoms with Crippen molar-refractivity contribution in [1.29, 1.82) is 0 Å². The summed E-state index contributed by atoms with van der Waals surface area (Å²) in [5.74, 6) is -0.168. The Bertz CT molecular complexity index is 816. The van der Waals surface area contributed by atoms with Crippen molar-refractivity contribution in [3.63, 3.8) is 0 Å². The summed E-state index contributed by atoms with van der Waals surface area (Å²) in [6, 6.07) is 9.21. The molecule has 0 spiro atoms. The minimum absolute atomic E-state index is 0.168. The van der Waals surface area contributed by atoms with Crippen LogP contribution in [-0.4, -0.2) is 27.1 Å². The standard InChI is InChI=1S/C15H17BrN2O3S2/c1-10-9-11(3-5-13(10)16)18-15(19)14-6-4-12(22-14)7-8-17-23(2,20)21/h3-6,9,17H,7-8H2,1-2H3,(H,18,19). The fourth-order valence-electron chi connectivity index (χ4n) is 1.91. The van der Waals surface area contributed by atoms with E-state index in [-0.39, 0.29) is 5.91 Å². The number of hydrogen-bond acceptors (Lipinski definition) is 4. The van der Waals surface area contributed by atoms with Crippen LogP contribution >= 0.6 is 27.3 Å². The Hall–Kier alpha value is -1.22. The van der Waals surface area contributed by atoms with Crippen molar-refractivity contribution in [2.24, 2.45) is 0 Å². The van der Waals surface area contributed by atoms with E-state index in [4.69, 9.17) is 0 Å². The molecule has 1 heterocycles. The number of carbonyl (C=O) groups excluding carboxylic acids is 1. The molecule has 0 saturated carbocycles. The minimum Gasteiger partial charge on any atom is -0.321 e. The summed E-state index contributed by atoms with van der Waals surface area (Å²) in [7, 11) is -3.18. The highest BCUT2D eigenvalue weighted by Crippen LogP contribution is 2.22. The van der Waals surface area contributed by atoms with Gasteiger partial charge in [0.1, 0.15) is 0 Å². The summed E-state index contributed by atoms with van der Waals surface area (Å²) in [6.07, 6.45) is 1.68. The highest BCUT2D eigenvalue weighted by atomic mass is 79.9. The smallest absolute Gasteiger partial charge is 0.265 e. The van der Waals surface area contributed by atoms with Crippen LogP contribution in [-0.2, 0) is 16.4 Å². The van der Waals surface area contributed by atoms with Crippen LogP contribution < -0.4 is 10.0 Å². The van der Waals surface area contributed by atoms with Gasteiger partial charge in [0, 0.05) is 21.6 Å². The van der Waals surface area contributed by atoms with E-state index in [1.54, 1.807) is 6.07 Å². The molecule has 0 unspecified atom stereocenters. The van der Waals surface area contributed by atoms with Gasteiger partial charge < -0.3 is 5.32 Å². The summed E-state index contributed by atoms with van der Waals surface area (Å²) < 4.78 is 25.5. The summed E-state index contributed by atoms with van der Waals surface area (Å²) in [6.45, 7) is 2.28. The number of hydrogen-bond donors (Lipinski definition) is 2.